The molecule has 0 spiro atoms. The van der Waals surface area contributed by atoms with Crippen LogP contribution in [0.2, 0.25) is 0 Å². The molecule has 0 aliphatic heterocycles. The van der Waals surface area contributed by atoms with E-state index in [1.807, 2.05) is 27.7 Å². The average molecular weight is 234 g/mol. The molecule has 0 radical (unpaired) electrons. The fourth-order valence-electron chi connectivity index (χ4n) is 1.98. The van der Waals surface area contributed by atoms with Crippen LogP contribution in [-0.4, -0.2) is 20.3 Å². The molecule has 0 bridgehead atoms. The molecule has 0 fully saturated rings. The highest BCUT2D eigenvalue weighted by Crippen LogP contribution is 2.27. The van der Waals surface area contributed by atoms with Gasteiger partial charge in [0.15, 0.2) is 5.82 Å². The molecule has 92 valence electrons. The zero-order valence-electron chi connectivity index (χ0n) is 10.9. The molecule has 5 nitrogen and oxygen atoms in total. The topological polar surface area (TPSA) is 67.6 Å². The van der Waals surface area contributed by atoms with Crippen LogP contribution in [0.15, 0.2) is 4.52 Å². The van der Waals surface area contributed by atoms with E-state index in [-0.39, 0.29) is 11.8 Å². The molecule has 5 heteroatoms. The second-order valence-electron chi connectivity index (χ2n) is 4.71. The Morgan fingerprint density at radius 1 is 1.18 bits per heavy atom. The predicted octanol–water partition coefficient (Wildman–Crippen LogP) is 2.68. The summed E-state index contributed by atoms with van der Waals surface area (Å²) in [5, 5.41) is 11.2. The maximum Gasteiger partial charge on any atom is 0.234 e. The summed E-state index contributed by atoms with van der Waals surface area (Å²) in [6.45, 7) is 10.1. The van der Waals surface area contributed by atoms with Crippen LogP contribution in [0.5, 0.6) is 0 Å². The Morgan fingerprint density at radius 3 is 2.35 bits per heavy atom. The normalized spacial score (nSPS) is 13.3. The van der Waals surface area contributed by atoms with E-state index in [4.69, 9.17) is 4.52 Å². The van der Waals surface area contributed by atoms with Crippen LogP contribution in [-0.2, 0) is 0 Å². The van der Waals surface area contributed by atoms with E-state index in [9.17, 15) is 0 Å². The molecule has 0 aliphatic rings. The predicted molar refractivity (Wildman–Crippen MR) is 64.0 cm³/mol. The Hall–Kier alpha value is -1.65. The van der Waals surface area contributed by atoms with Gasteiger partial charge in [0.05, 0.1) is 11.6 Å². The lowest BCUT2D eigenvalue weighted by Crippen LogP contribution is -2.00. The first kappa shape index (κ1) is 11.8. The van der Waals surface area contributed by atoms with Gasteiger partial charge >= 0.3 is 0 Å². The van der Waals surface area contributed by atoms with Crippen molar-refractivity contribution in [1.29, 1.82) is 0 Å². The van der Waals surface area contributed by atoms with Gasteiger partial charge < -0.3 is 4.52 Å². The molecular formula is C12H18N4O. The first-order valence-corrected chi connectivity index (χ1v) is 5.85. The third kappa shape index (κ3) is 2.09. The number of aromatic amines is 1. The molecule has 1 N–H and O–H groups in total. The van der Waals surface area contributed by atoms with Gasteiger partial charge in [0.1, 0.15) is 0 Å². The Bertz CT molecular complexity index is 493. The summed E-state index contributed by atoms with van der Waals surface area (Å²) in [4.78, 5) is 4.43. The molecule has 0 aliphatic carbocycles. The van der Waals surface area contributed by atoms with E-state index >= 15 is 0 Å². The number of H-pyrrole nitrogens is 1. The van der Waals surface area contributed by atoms with E-state index in [0.29, 0.717) is 5.89 Å². The van der Waals surface area contributed by atoms with Crippen LogP contribution in [0.1, 0.15) is 61.3 Å². The van der Waals surface area contributed by atoms with Gasteiger partial charge in [-0.15, -0.1) is 0 Å². The molecule has 0 saturated carbocycles. The fourth-order valence-corrected chi connectivity index (χ4v) is 1.98. The number of nitrogens with zero attached hydrogens (tertiary/aromatic N) is 3. The minimum absolute atomic E-state index is 0.0775. The minimum Gasteiger partial charge on any atom is -0.339 e. The van der Waals surface area contributed by atoms with Crippen LogP contribution >= 0.6 is 0 Å². The Kier molecular flexibility index (Phi) is 3.00. The highest BCUT2D eigenvalue weighted by molar-refractivity contribution is 5.30. The summed E-state index contributed by atoms with van der Waals surface area (Å²) >= 11 is 0. The third-order valence-electron chi connectivity index (χ3n) is 2.96. The van der Waals surface area contributed by atoms with E-state index in [1.54, 1.807) is 0 Å². The quantitative estimate of drug-likeness (QED) is 0.886. The van der Waals surface area contributed by atoms with E-state index < -0.39 is 0 Å². The van der Waals surface area contributed by atoms with Crippen molar-refractivity contribution in [2.75, 3.05) is 0 Å². The highest BCUT2D eigenvalue weighted by Gasteiger charge is 2.22. The van der Waals surface area contributed by atoms with Gasteiger partial charge in [0, 0.05) is 17.2 Å². The molecule has 0 saturated heterocycles. The standard InChI is InChI=1S/C12H18N4O/c1-6(2)11-13-12(17-16-11)7(3)10-8(4)14-15-9(10)5/h6-7H,1-5H3,(H,14,15)/t7-/m0/s1. The maximum atomic E-state index is 5.32. The lowest BCUT2D eigenvalue weighted by Gasteiger charge is -2.06. The van der Waals surface area contributed by atoms with Gasteiger partial charge in [-0.2, -0.15) is 10.1 Å². The highest BCUT2D eigenvalue weighted by atomic mass is 16.5. The first-order valence-electron chi connectivity index (χ1n) is 5.85. The summed E-state index contributed by atoms with van der Waals surface area (Å²) in [6.07, 6.45) is 0. The molecule has 2 aromatic heterocycles. The van der Waals surface area contributed by atoms with Crippen molar-refractivity contribution in [2.24, 2.45) is 0 Å². The van der Waals surface area contributed by atoms with Crippen LogP contribution in [0.3, 0.4) is 0 Å². The molecule has 1 atom stereocenters. The molecule has 2 heterocycles. The lowest BCUT2D eigenvalue weighted by atomic mass is 9.99. The molecule has 0 amide bonds. The molecular weight excluding hydrogens is 216 g/mol. The van der Waals surface area contributed by atoms with Crippen LogP contribution in [0, 0.1) is 13.8 Å². The van der Waals surface area contributed by atoms with Crippen LogP contribution < -0.4 is 0 Å². The third-order valence-corrected chi connectivity index (χ3v) is 2.96. The summed E-state index contributed by atoms with van der Waals surface area (Å²) in [6, 6.07) is 0. The molecule has 0 unspecified atom stereocenters. The zero-order valence-corrected chi connectivity index (χ0v) is 10.9. The summed E-state index contributed by atoms with van der Waals surface area (Å²) in [5.74, 6) is 1.77. The lowest BCUT2D eigenvalue weighted by molar-refractivity contribution is 0.363. The molecule has 0 aromatic carbocycles. The van der Waals surface area contributed by atoms with Gasteiger partial charge in [-0.25, -0.2) is 0 Å². The van der Waals surface area contributed by atoms with E-state index in [2.05, 4.69) is 27.3 Å². The smallest absolute Gasteiger partial charge is 0.234 e. The number of rotatable bonds is 3. The minimum atomic E-state index is 0.0775. The van der Waals surface area contributed by atoms with Crippen molar-refractivity contribution in [2.45, 2.75) is 46.5 Å². The number of hydrogen-bond acceptors (Lipinski definition) is 4. The van der Waals surface area contributed by atoms with Crippen molar-refractivity contribution in [3.63, 3.8) is 0 Å². The maximum absolute atomic E-state index is 5.32. The van der Waals surface area contributed by atoms with Crippen molar-refractivity contribution in [3.8, 4) is 0 Å². The number of hydrogen-bond donors (Lipinski definition) is 1. The number of aryl methyl sites for hydroxylation is 2. The molecule has 17 heavy (non-hydrogen) atoms. The average Bonchev–Trinajstić information content (AvgIpc) is 2.85. The molecule has 2 aromatic rings. The number of aromatic nitrogens is 4. The van der Waals surface area contributed by atoms with Crippen molar-refractivity contribution in [1.82, 2.24) is 20.3 Å². The Labute approximate surface area is 101 Å². The van der Waals surface area contributed by atoms with Crippen molar-refractivity contribution >= 4 is 0 Å². The van der Waals surface area contributed by atoms with E-state index in [1.165, 1.54) is 0 Å². The number of nitrogens with one attached hydrogen (secondary N) is 1. The van der Waals surface area contributed by atoms with E-state index in [0.717, 1.165) is 22.8 Å². The van der Waals surface area contributed by atoms with Crippen molar-refractivity contribution in [3.05, 3.63) is 28.7 Å². The summed E-state index contributed by atoms with van der Waals surface area (Å²) in [7, 11) is 0. The zero-order chi connectivity index (χ0) is 12.6. The first-order chi connectivity index (χ1) is 8.00. The largest absolute Gasteiger partial charge is 0.339 e. The molecule has 2 rings (SSSR count). The Morgan fingerprint density at radius 2 is 1.88 bits per heavy atom. The second kappa shape index (κ2) is 4.31. The van der Waals surface area contributed by atoms with Gasteiger partial charge in [-0.3, -0.25) is 5.10 Å². The van der Waals surface area contributed by atoms with Gasteiger partial charge in [-0.1, -0.05) is 19.0 Å². The van der Waals surface area contributed by atoms with Gasteiger partial charge in [0.2, 0.25) is 5.89 Å². The van der Waals surface area contributed by atoms with Crippen LogP contribution in [0.4, 0.5) is 0 Å². The summed E-state index contributed by atoms with van der Waals surface area (Å²) < 4.78 is 5.32. The van der Waals surface area contributed by atoms with Crippen molar-refractivity contribution < 1.29 is 4.52 Å². The van der Waals surface area contributed by atoms with Gasteiger partial charge in [0.25, 0.3) is 0 Å². The monoisotopic (exact) mass is 234 g/mol. The SMILES string of the molecule is Cc1n[nH]c(C)c1[C@H](C)c1nc(C(C)C)no1. The van der Waals surface area contributed by atoms with Crippen LogP contribution in [0.25, 0.3) is 0 Å². The fraction of sp³-hybridized carbons (Fsp3) is 0.583. The Balaban J connectivity index is 2.33. The summed E-state index contributed by atoms with van der Waals surface area (Å²) in [5.41, 5.74) is 3.18. The van der Waals surface area contributed by atoms with Gasteiger partial charge in [-0.05, 0) is 20.8 Å². The second-order valence-corrected chi connectivity index (χ2v) is 4.71.